The highest BCUT2D eigenvalue weighted by Gasteiger charge is 2.13. The Bertz CT molecular complexity index is 783. The number of carbonyl (C=O) groups excluding carboxylic acids is 1. The molecule has 0 atom stereocenters. The molecule has 0 aliphatic carbocycles. The maximum absolute atomic E-state index is 12.1. The highest BCUT2D eigenvalue weighted by Crippen LogP contribution is 2.28. The molecule has 6 nitrogen and oxygen atoms in total. The third-order valence-corrected chi connectivity index (χ3v) is 3.62. The van der Waals surface area contributed by atoms with Gasteiger partial charge in [-0.25, -0.2) is 0 Å². The van der Waals surface area contributed by atoms with E-state index < -0.39 is 0 Å². The van der Waals surface area contributed by atoms with Crippen molar-refractivity contribution in [2.45, 2.75) is 13.0 Å². The molecule has 0 spiro atoms. The minimum absolute atomic E-state index is 0.248. The van der Waals surface area contributed by atoms with E-state index in [1.165, 1.54) is 0 Å². The van der Waals surface area contributed by atoms with Crippen molar-refractivity contribution in [2.24, 2.45) is 0 Å². The Morgan fingerprint density at radius 3 is 2.91 bits per heavy atom. The van der Waals surface area contributed by atoms with E-state index in [-0.39, 0.29) is 11.7 Å². The van der Waals surface area contributed by atoms with E-state index in [0.717, 1.165) is 12.0 Å². The lowest BCUT2D eigenvalue weighted by molar-refractivity contribution is 0.0925. The number of amides is 1. The number of halogens is 1. The lowest BCUT2D eigenvalue weighted by Crippen LogP contribution is -2.24. The van der Waals surface area contributed by atoms with Gasteiger partial charge in [-0.3, -0.25) is 9.48 Å². The zero-order valence-corrected chi connectivity index (χ0v) is 13.0. The van der Waals surface area contributed by atoms with Crippen LogP contribution in [0.1, 0.15) is 17.0 Å². The number of hydrogen-bond donors (Lipinski definition) is 1. The van der Waals surface area contributed by atoms with E-state index in [1.54, 1.807) is 35.3 Å². The summed E-state index contributed by atoms with van der Waals surface area (Å²) in [5, 5.41) is 11.0. The fraction of sp³-hybridized carbons (Fsp3) is 0.188. The summed E-state index contributed by atoms with van der Waals surface area (Å²) in [6.07, 6.45) is 4.16. The molecule has 2 aromatic heterocycles. The van der Waals surface area contributed by atoms with Crippen molar-refractivity contribution in [2.75, 3.05) is 6.54 Å². The van der Waals surface area contributed by atoms with Gasteiger partial charge in [0.15, 0.2) is 5.76 Å². The molecule has 23 heavy (non-hydrogen) atoms. The molecule has 0 aliphatic rings. The van der Waals surface area contributed by atoms with Gasteiger partial charge < -0.3 is 9.73 Å². The Hall–Kier alpha value is -2.60. The van der Waals surface area contributed by atoms with Crippen LogP contribution in [0.3, 0.4) is 0 Å². The summed E-state index contributed by atoms with van der Waals surface area (Å²) < 4.78 is 7.31. The maximum Gasteiger partial charge on any atom is 0.287 e. The molecule has 3 rings (SSSR count). The Morgan fingerprint density at radius 2 is 2.13 bits per heavy atom. The maximum atomic E-state index is 12.1. The average molecular weight is 331 g/mol. The van der Waals surface area contributed by atoms with Crippen LogP contribution < -0.4 is 5.32 Å². The van der Waals surface area contributed by atoms with E-state index in [4.69, 9.17) is 16.0 Å². The van der Waals surface area contributed by atoms with Crippen molar-refractivity contribution in [3.8, 4) is 11.3 Å². The minimum Gasteiger partial charge on any atom is -0.451 e. The lowest BCUT2D eigenvalue weighted by atomic mass is 10.2. The molecule has 7 heteroatoms. The molecular formula is C16H15ClN4O2. The van der Waals surface area contributed by atoms with Crippen LogP contribution in [-0.4, -0.2) is 27.4 Å². The molecule has 1 N–H and O–H groups in total. The summed E-state index contributed by atoms with van der Waals surface area (Å²) in [6.45, 7) is 1.23. The number of nitrogens with one attached hydrogen (secondary N) is 1. The lowest BCUT2D eigenvalue weighted by Gasteiger charge is -2.03. The Morgan fingerprint density at radius 1 is 1.26 bits per heavy atom. The molecule has 0 fully saturated rings. The molecule has 0 radical (unpaired) electrons. The first-order chi connectivity index (χ1) is 11.2. The standard InChI is InChI=1S/C16H15ClN4O2/c17-13-5-2-1-4-12(13)14-6-7-15(23-14)16(22)18-8-3-10-21-11-9-19-20-21/h1-2,4-7,9,11H,3,8,10H2,(H,18,22). The highest BCUT2D eigenvalue weighted by atomic mass is 35.5. The van der Waals surface area contributed by atoms with E-state index >= 15 is 0 Å². The molecule has 0 aliphatic heterocycles. The Balaban J connectivity index is 1.55. The second-order valence-electron chi connectivity index (χ2n) is 4.92. The molecule has 0 saturated heterocycles. The Kier molecular flexibility index (Phi) is 4.73. The number of furan rings is 1. The van der Waals surface area contributed by atoms with Crippen LogP contribution in [0.25, 0.3) is 11.3 Å². The first kappa shape index (κ1) is 15.3. The van der Waals surface area contributed by atoms with Crippen molar-refractivity contribution in [3.63, 3.8) is 0 Å². The summed E-state index contributed by atoms with van der Waals surface area (Å²) in [7, 11) is 0. The van der Waals surface area contributed by atoms with E-state index in [0.29, 0.717) is 23.9 Å². The molecule has 0 saturated carbocycles. The van der Waals surface area contributed by atoms with Gasteiger partial charge >= 0.3 is 0 Å². The topological polar surface area (TPSA) is 73.0 Å². The number of benzene rings is 1. The molecule has 0 unspecified atom stereocenters. The summed E-state index contributed by atoms with van der Waals surface area (Å²) >= 11 is 6.12. The second-order valence-corrected chi connectivity index (χ2v) is 5.33. The van der Waals surface area contributed by atoms with Gasteiger partial charge in [-0.1, -0.05) is 28.9 Å². The second kappa shape index (κ2) is 7.11. The average Bonchev–Trinajstić information content (AvgIpc) is 3.23. The number of nitrogens with zero attached hydrogens (tertiary/aromatic N) is 3. The molecule has 118 valence electrons. The molecule has 1 amide bonds. The van der Waals surface area contributed by atoms with Crippen LogP contribution in [0.5, 0.6) is 0 Å². The number of aryl methyl sites for hydroxylation is 1. The van der Waals surface area contributed by atoms with E-state index in [2.05, 4.69) is 15.6 Å². The summed E-state index contributed by atoms with van der Waals surface area (Å²) in [5.41, 5.74) is 0.763. The summed E-state index contributed by atoms with van der Waals surface area (Å²) in [5.74, 6) is 0.589. The summed E-state index contributed by atoms with van der Waals surface area (Å²) in [6, 6.07) is 10.7. The van der Waals surface area contributed by atoms with Gasteiger partial charge in [0.25, 0.3) is 5.91 Å². The fourth-order valence-corrected chi connectivity index (χ4v) is 2.38. The van der Waals surface area contributed by atoms with Crippen LogP contribution in [0.4, 0.5) is 0 Å². The van der Waals surface area contributed by atoms with Crippen molar-refractivity contribution >= 4 is 17.5 Å². The van der Waals surface area contributed by atoms with Crippen molar-refractivity contribution in [1.82, 2.24) is 20.3 Å². The van der Waals surface area contributed by atoms with Crippen LogP contribution in [0, 0.1) is 0 Å². The molecule has 1 aromatic carbocycles. The van der Waals surface area contributed by atoms with E-state index in [1.807, 2.05) is 18.2 Å². The van der Waals surface area contributed by atoms with Gasteiger partial charge in [0.05, 0.1) is 11.2 Å². The zero-order valence-electron chi connectivity index (χ0n) is 12.3. The molecule has 0 bridgehead atoms. The highest BCUT2D eigenvalue weighted by molar-refractivity contribution is 6.33. The Labute approximate surface area is 138 Å². The first-order valence-corrected chi connectivity index (χ1v) is 7.59. The largest absolute Gasteiger partial charge is 0.451 e. The first-order valence-electron chi connectivity index (χ1n) is 7.21. The third kappa shape index (κ3) is 3.78. The van der Waals surface area contributed by atoms with Gasteiger partial charge in [0.2, 0.25) is 0 Å². The van der Waals surface area contributed by atoms with Gasteiger partial charge in [0.1, 0.15) is 5.76 Å². The quantitative estimate of drug-likeness (QED) is 0.705. The number of aromatic nitrogens is 3. The minimum atomic E-state index is -0.248. The van der Waals surface area contributed by atoms with Gasteiger partial charge in [-0.15, -0.1) is 5.10 Å². The number of hydrogen-bond acceptors (Lipinski definition) is 4. The SMILES string of the molecule is O=C(NCCCn1ccnn1)c1ccc(-c2ccccc2Cl)o1. The molecular weight excluding hydrogens is 316 g/mol. The van der Waals surface area contributed by atoms with Crippen molar-refractivity contribution in [1.29, 1.82) is 0 Å². The number of rotatable bonds is 6. The monoisotopic (exact) mass is 330 g/mol. The van der Waals surface area contributed by atoms with Crippen molar-refractivity contribution in [3.05, 3.63) is 59.6 Å². The fourth-order valence-electron chi connectivity index (χ4n) is 2.15. The zero-order chi connectivity index (χ0) is 16.1. The van der Waals surface area contributed by atoms with Gasteiger partial charge in [-0.05, 0) is 30.7 Å². The van der Waals surface area contributed by atoms with Crippen LogP contribution in [0.15, 0.2) is 53.2 Å². The predicted molar refractivity (Wildman–Crippen MR) is 86.1 cm³/mol. The number of carbonyl (C=O) groups is 1. The smallest absolute Gasteiger partial charge is 0.287 e. The predicted octanol–water partition coefficient (Wildman–Crippen LogP) is 3.01. The van der Waals surface area contributed by atoms with Crippen LogP contribution in [0.2, 0.25) is 5.02 Å². The molecule has 2 heterocycles. The third-order valence-electron chi connectivity index (χ3n) is 3.29. The van der Waals surface area contributed by atoms with Crippen molar-refractivity contribution < 1.29 is 9.21 Å². The van der Waals surface area contributed by atoms with Gasteiger partial charge in [-0.2, -0.15) is 0 Å². The van der Waals surface area contributed by atoms with Gasteiger partial charge in [0, 0.05) is 24.8 Å². The normalized spacial score (nSPS) is 10.7. The van der Waals surface area contributed by atoms with Crippen LogP contribution >= 0.6 is 11.6 Å². The van der Waals surface area contributed by atoms with E-state index in [9.17, 15) is 4.79 Å². The molecule has 3 aromatic rings. The summed E-state index contributed by atoms with van der Waals surface area (Å²) in [4.78, 5) is 12.1. The van der Waals surface area contributed by atoms with Crippen LogP contribution in [-0.2, 0) is 6.54 Å².